The van der Waals surface area contributed by atoms with Gasteiger partial charge in [0.05, 0.1) is 13.2 Å². The predicted molar refractivity (Wildman–Crippen MR) is 101 cm³/mol. The van der Waals surface area contributed by atoms with Crippen LogP contribution in [0.15, 0.2) is 36.7 Å². The summed E-state index contributed by atoms with van der Waals surface area (Å²) in [7, 11) is 1.00. The standard InChI is InChI=1S/C20H24BNO4/c1-24-19-7-6-14(9-20(19)26-18-4-2-3-5-18)15-8-16(12-22-11-15)17-10-21(23)25-13-17/h6-9,11-12,17-18,23H,2-5,10,13H2,1H3/t17-/m1/s1. The van der Waals surface area contributed by atoms with Gasteiger partial charge < -0.3 is 19.2 Å². The van der Waals surface area contributed by atoms with Crippen LogP contribution in [0, 0.1) is 0 Å². The van der Waals surface area contributed by atoms with E-state index >= 15 is 0 Å². The Labute approximate surface area is 154 Å². The molecule has 5 nitrogen and oxygen atoms in total. The van der Waals surface area contributed by atoms with Crippen molar-refractivity contribution in [3.8, 4) is 22.6 Å². The van der Waals surface area contributed by atoms with Crippen molar-refractivity contribution in [2.24, 2.45) is 0 Å². The molecule has 1 aliphatic carbocycles. The van der Waals surface area contributed by atoms with Gasteiger partial charge in [-0.1, -0.05) is 6.07 Å². The Kier molecular flexibility index (Phi) is 5.13. The highest BCUT2D eigenvalue weighted by atomic mass is 16.5. The molecule has 1 aliphatic heterocycles. The minimum absolute atomic E-state index is 0.185. The zero-order chi connectivity index (χ0) is 17.9. The van der Waals surface area contributed by atoms with Crippen molar-refractivity contribution < 1.29 is 19.2 Å². The highest BCUT2D eigenvalue weighted by molar-refractivity contribution is 6.43. The molecular formula is C20H24BNO4. The molecule has 1 aromatic heterocycles. The number of hydrogen-bond acceptors (Lipinski definition) is 5. The quantitative estimate of drug-likeness (QED) is 0.831. The smallest absolute Gasteiger partial charge is 0.454 e. The summed E-state index contributed by atoms with van der Waals surface area (Å²) in [4.78, 5) is 4.40. The first-order valence-corrected chi connectivity index (χ1v) is 9.32. The Morgan fingerprint density at radius 2 is 1.96 bits per heavy atom. The van der Waals surface area contributed by atoms with Crippen LogP contribution in [0.5, 0.6) is 11.5 Å². The van der Waals surface area contributed by atoms with Crippen LogP contribution in [0.2, 0.25) is 6.32 Å². The van der Waals surface area contributed by atoms with E-state index in [2.05, 4.69) is 11.1 Å². The van der Waals surface area contributed by atoms with E-state index in [0.717, 1.165) is 41.0 Å². The van der Waals surface area contributed by atoms with Crippen LogP contribution in [0.1, 0.15) is 37.2 Å². The summed E-state index contributed by atoms with van der Waals surface area (Å²) in [6.45, 7) is 0.533. The number of hydrogen-bond donors (Lipinski definition) is 1. The fraction of sp³-hybridized carbons (Fsp3) is 0.450. The van der Waals surface area contributed by atoms with Crippen LogP contribution in [-0.2, 0) is 4.65 Å². The second-order valence-electron chi connectivity index (χ2n) is 7.12. The Morgan fingerprint density at radius 3 is 2.69 bits per heavy atom. The molecule has 2 fully saturated rings. The van der Waals surface area contributed by atoms with Gasteiger partial charge in [-0.3, -0.25) is 4.98 Å². The van der Waals surface area contributed by atoms with E-state index in [-0.39, 0.29) is 12.0 Å². The molecule has 1 saturated heterocycles. The fourth-order valence-corrected chi connectivity index (χ4v) is 3.81. The number of rotatable bonds is 5. The number of methoxy groups -OCH3 is 1. The molecule has 4 rings (SSSR count). The molecule has 0 radical (unpaired) electrons. The lowest BCUT2D eigenvalue weighted by Gasteiger charge is -2.17. The summed E-state index contributed by atoms with van der Waals surface area (Å²) in [5, 5.41) is 9.60. The Morgan fingerprint density at radius 1 is 1.12 bits per heavy atom. The third kappa shape index (κ3) is 3.71. The van der Waals surface area contributed by atoms with Crippen LogP contribution in [0.25, 0.3) is 11.1 Å². The van der Waals surface area contributed by atoms with Gasteiger partial charge in [-0.05, 0) is 61.3 Å². The monoisotopic (exact) mass is 353 g/mol. The molecule has 2 heterocycles. The zero-order valence-electron chi connectivity index (χ0n) is 15.1. The Hall–Kier alpha value is -2.05. The maximum absolute atomic E-state index is 9.60. The van der Waals surface area contributed by atoms with Crippen LogP contribution in [0.4, 0.5) is 0 Å². The SMILES string of the molecule is COc1ccc(-c2cncc([C@H]3COB(O)C3)c2)cc1OC1CCCC1. The van der Waals surface area contributed by atoms with E-state index in [1.54, 1.807) is 7.11 Å². The van der Waals surface area contributed by atoms with E-state index in [4.69, 9.17) is 14.1 Å². The first-order chi connectivity index (χ1) is 12.7. The molecule has 136 valence electrons. The van der Waals surface area contributed by atoms with E-state index in [9.17, 15) is 5.02 Å². The van der Waals surface area contributed by atoms with Crippen molar-refractivity contribution in [3.63, 3.8) is 0 Å². The molecule has 0 amide bonds. The molecular weight excluding hydrogens is 329 g/mol. The summed E-state index contributed by atoms with van der Waals surface area (Å²) in [5.74, 6) is 1.74. The molecule has 0 bridgehead atoms. The number of ether oxygens (including phenoxy) is 2. The second-order valence-corrected chi connectivity index (χ2v) is 7.12. The van der Waals surface area contributed by atoms with Gasteiger partial charge in [-0.15, -0.1) is 0 Å². The maximum Gasteiger partial charge on any atom is 0.454 e. The van der Waals surface area contributed by atoms with E-state index in [0.29, 0.717) is 12.9 Å². The van der Waals surface area contributed by atoms with Crippen LogP contribution in [-0.4, -0.2) is 36.9 Å². The summed E-state index contributed by atoms with van der Waals surface area (Å²) < 4.78 is 17.0. The largest absolute Gasteiger partial charge is 0.493 e. The number of aromatic nitrogens is 1. The molecule has 0 unspecified atom stereocenters. The van der Waals surface area contributed by atoms with Gasteiger partial charge in [-0.2, -0.15) is 0 Å². The first-order valence-electron chi connectivity index (χ1n) is 9.32. The topological polar surface area (TPSA) is 60.8 Å². The van der Waals surface area contributed by atoms with Crippen molar-refractivity contribution in [1.82, 2.24) is 4.98 Å². The first kappa shape index (κ1) is 17.4. The van der Waals surface area contributed by atoms with Crippen molar-refractivity contribution in [1.29, 1.82) is 0 Å². The average Bonchev–Trinajstić information content (AvgIpc) is 3.33. The van der Waals surface area contributed by atoms with Gasteiger partial charge in [0.1, 0.15) is 0 Å². The minimum atomic E-state index is -0.670. The van der Waals surface area contributed by atoms with Gasteiger partial charge in [0.2, 0.25) is 0 Å². The number of benzene rings is 1. The third-order valence-electron chi connectivity index (χ3n) is 5.30. The highest BCUT2D eigenvalue weighted by Crippen LogP contribution is 2.36. The lowest BCUT2D eigenvalue weighted by atomic mass is 9.80. The Balaban J connectivity index is 1.60. The Bertz CT molecular complexity index is 763. The zero-order valence-corrected chi connectivity index (χ0v) is 15.1. The van der Waals surface area contributed by atoms with Crippen LogP contribution < -0.4 is 9.47 Å². The molecule has 26 heavy (non-hydrogen) atoms. The van der Waals surface area contributed by atoms with Gasteiger partial charge in [-0.25, -0.2) is 0 Å². The molecule has 6 heteroatoms. The van der Waals surface area contributed by atoms with Crippen LogP contribution >= 0.6 is 0 Å². The molecule has 0 spiro atoms. The van der Waals surface area contributed by atoms with Crippen molar-refractivity contribution in [3.05, 3.63) is 42.2 Å². The third-order valence-corrected chi connectivity index (χ3v) is 5.30. The average molecular weight is 353 g/mol. The second kappa shape index (κ2) is 7.68. The number of pyridine rings is 1. The van der Waals surface area contributed by atoms with Crippen LogP contribution in [0.3, 0.4) is 0 Å². The summed E-state index contributed by atoms with van der Waals surface area (Å²) >= 11 is 0. The molecule has 2 aromatic rings. The minimum Gasteiger partial charge on any atom is -0.493 e. The van der Waals surface area contributed by atoms with Crippen molar-refractivity contribution >= 4 is 7.12 Å². The number of nitrogens with zero attached hydrogens (tertiary/aromatic N) is 1. The van der Waals surface area contributed by atoms with E-state index in [1.807, 2.05) is 30.6 Å². The summed E-state index contributed by atoms with van der Waals surface area (Å²) in [6.07, 6.45) is 9.28. The van der Waals surface area contributed by atoms with Gasteiger partial charge >= 0.3 is 7.12 Å². The lowest BCUT2D eigenvalue weighted by Crippen LogP contribution is -2.11. The van der Waals surface area contributed by atoms with Gasteiger partial charge in [0.25, 0.3) is 0 Å². The van der Waals surface area contributed by atoms with E-state index < -0.39 is 7.12 Å². The molecule has 1 saturated carbocycles. The highest BCUT2D eigenvalue weighted by Gasteiger charge is 2.30. The van der Waals surface area contributed by atoms with Gasteiger partial charge in [0, 0.05) is 30.5 Å². The molecule has 1 aromatic carbocycles. The maximum atomic E-state index is 9.60. The van der Waals surface area contributed by atoms with Gasteiger partial charge in [0.15, 0.2) is 11.5 Å². The van der Waals surface area contributed by atoms with Crippen molar-refractivity contribution in [2.45, 2.75) is 44.0 Å². The molecule has 2 aliphatic rings. The van der Waals surface area contributed by atoms with E-state index in [1.165, 1.54) is 12.8 Å². The summed E-state index contributed by atoms with van der Waals surface area (Å²) in [6, 6.07) is 8.15. The molecule has 1 atom stereocenters. The predicted octanol–water partition coefficient (Wildman–Crippen LogP) is 3.67. The van der Waals surface area contributed by atoms with Crippen molar-refractivity contribution in [2.75, 3.05) is 13.7 Å². The fourth-order valence-electron chi connectivity index (χ4n) is 3.81. The summed E-state index contributed by atoms with van der Waals surface area (Å²) in [5.41, 5.74) is 3.17. The molecule has 1 N–H and O–H groups in total. The lowest BCUT2D eigenvalue weighted by molar-refractivity contribution is 0.201. The normalized spacial score (nSPS) is 20.5.